The molecule has 1 aromatic rings. The minimum atomic E-state index is -1.20. The Labute approximate surface area is 121 Å². The molecule has 0 spiro atoms. The van der Waals surface area contributed by atoms with Gasteiger partial charge in [-0.25, -0.2) is 4.79 Å². The molecular formula is C13H17N3O5. The molecule has 0 fully saturated rings. The van der Waals surface area contributed by atoms with Crippen LogP contribution in [0.5, 0.6) is 0 Å². The molecule has 0 aliphatic carbocycles. The van der Waals surface area contributed by atoms with E-state index in [0.29, 0.717) is 5.56 Å². The van der Waals surface area contributed by atoms with Gasteiger partial charge in [-0.2, -0.15) is 0 Å². The average Bonchev–Trinajstić information content (AvgIpc) is 2.44. The van der Waals surface area contributed by atoms with Crippen molar-refractivity contribution in [3.05, 3.63) is 30.1 Å². The highest BCUT2D eigenvalue weighted by Gasteiger charge is 2.21. The fourth-order valence-electron chi connectivity index (χ4n) is 1.63. The van der Waals surface area contributed by atoms with Crippen molar-refractivity contribution in [2.75, 3.05) is 0 Å². The van der Waals surface area contributed by atoms with E-state index in [1.54, 1.807) is 18.3 Å². The second kappa shape index (κ2) is 7.95. The number of pyridine rings is 1. The third-order valence-corrected chi connectivity index (χ3v) is 2.80. The molecule has 0 aromatic carbocycles. The standard InChI is InChI=1S/C13H17N3O5/c14-9(12(18)19)3-4-11(17)16-10(13(20)21)6-8-2-1-5-15-7-8/h1-2,5,7,9-10H,3-4,6,14H2,(H,16,17)(H,18,19)(H,20,21)/t9-,10-/m0/s1. The van der Waals surface area contributed by atoms with Crippen LogP contribution in [0.15, 0.2) is 24.5 Å². The largest absolute Gasteiger partial charge is 0.480 e. The quantitative estimate of drug-likeness (QED) is 0.500. The van der Waals surface area contributed by atoms with Crippen LogP contribution in [0.2, 0.25) is 0 Å². The molecule has 8 heteroatoms. The van der Waals surface area contributed by atoms with E-state index >= 15 is 0 Å². The van der Waals surface area contributed by atoms with E-state index < -0.39 is 29.9 Å². The van der Waals surface area contributed by atoms with Crippen LogP contribution < -0.4 is 11.1 Å². The number of rotatable bonds is 8. The van der Waals surface area contributed by atoms with Gasteiger partial charge >= 0.3 is 11.9 Å². The molecule has 21 heavy (non-hydrogen) atoms. The Kier molecular flexibility index (Phi) is 6.28. The summed E-state index contributed by atoms with van der Waals surface area (Å²) in [6.45, 7) is 0. The summed E-state index contributed by atoms with van der Waals surface area (Å²) in [5.74, 6) is -2.93. The van der Waals surface area contributed by atoms with Crippen LogP contribution in [0.1, 0.15) is 18.4 Å². The highest BCUT2D eigenvalue weighted by molar-refractivity contribution is 5.84. The van der Waals surface area contributed by atoms with Crippen LogP contribution in [0.3, 0.4) is 0 Å². The molecule has 0 radical (unpaired) electrons. The van der Waals surface area contributed by atoms with E-state index in [1.807, 2.05) is 0 Å². The second-order valence-corrected chi connectivity index (χ2v) is 4.51. The number of nitrogens with zero attached hydrogens (tertiary/aromatic N) is 1. The lowest BCUT2D eigenvalue weighted by Crippen LogP contribution is -2.43. The second-order valence-electron chi connectivity index (χ2n) is 4.51. The summed E-state index contributed by atoms with van der Waals surface area (Å²) in [6.07, 6.45) is 2.97. The summed E-state index contributed by atoms with van der Waals surface area (Å²) in [7, 11) is 0. The first-order valence-corrected chi connectivity index (χ1v) is 6.29. The van der Waals surface area contributed by atoms with Crippen molar-refractivity contribution in [1.82, 2.24) is 10.3 Å². The van der Waals surface area contributed by atoms with Gasteiger partial charge in [-0.15, -0.1) is 0 Å². The molecule has 114 valence electrons. The van der Waals surface area contributed by atoms with Crippen molar-refractivity contribution in [3.63, 3.8) is 0 Å². The lowest BCUT2D eigenvalue weighted by molar-refractivity contribution is -0.142. The monoisotopic (exact) mass is 295 g/mol. The van der Waals surface area contributed by atoms with Gasteiger partial charge in [0.2, 0.25) is 5.91 Å². The van der Waals surface area contributed by atoms with Gasteiger partial charge in [0.25, 0.3) is 0 Å². The van der Waals surface area contributed by atoms with E-state index in [4.69, 9.17) is 15.9 Å². The van der Waals surface area contributed by atoms with Gasteiger partial charge in [-0.05, 0) is 18.1 Å². The SMILES string of the molecule is N[C@@H](CCC(=O)N[C@@H](Cc1cccnc1)C(=O)O)C(=O)O. The van der Waals surface area contributed by atoms with Crippen molar-refractivity contribution in [3.8, 4) is 0 Å². The highest BCUT2D eigenvalue weighted by Crippen LogP contribution is 2.03. The maximum absolute atomic E-state index is 11.6. The molecule has 0 aliphatic rings. The van der Waals surface area contributed by atoms with Crippen LogP contribution in [0.4, 0.5) is 0 Å². The van der Waals surface area contributed by atoms with Crippen LogP contribution in [0, 0.1) is 0 Å². The number of carboxylic acids is 2. The fraction of sp³-hybridized carbons (Fsp3) is 0.385. The minimum Gasteiger partial charge on any atom is -0.480 e. The first-order chi connectivity index (χ1) is 9.90. The highest BCUT2D eigenvalue weighted by atomic mass is 16.4. The minimum absolute atomic E-state index is 0.0552. The summed E-state index contributed by atoms with van der Waals surface area (Å²) < 4.78 is 0. The molecule has 1 heterocycles. The number of amides is 1. The first-order valence-electron chi connectivity index (χ1n) is 6.29. The maximum Gasteiger partial charge on any atom is 0.326 e. The lowest BCUT2D eigenvalue weighted by Gasteiger charge is -2.15. The Morgan fingerprint density at radius 2 is 2.00 bits per heavy atom. The van der Waals surface area contributed by atoms with Crippen molar-refractivity contribution < 1.29 is 24.6 Å². The van der Waals surface area contributed by atoms with E-state index in [-0.39, 0.29) is 19.3 Å². The summed E-state index contributed by atoms with van der Waals surface area (Å²) in [4.78, 5) is 37.2. The van der Waals surface area contributed by atoms with Gasteiger partial charge in [0, 0.05) is 25.2 Å². The number of carbonyl (C=O) groups excluding carboxylic acids is 1. The van der Waals surface area contributed by atoms with Crippen LogP contribution in [-0.4, -0.2) is 45.1 Å². The zero-order valence-corrected chi connectivity index (χ0v) is 11.2. The van der Waals surface area contributed by atoms with Gasteiger partial charge in [-0.1, -0.05) is 6.07 Å². The Morgan fingerprint density at radius 1 is 1.29 bits per heavy atom. The topological polar surface area (TPSA) is 143 Å². The zero-order valence-electron chi connectivity index (χ0n) is 11.2. The molecule has 2 atom stereocenters. The lowest BCUT2D eigenvalue weighted by atomic mass is 10.1. The van der Waals surface area contributed by atoms with Gasteiger partial charge in [0.05, 0.1) is 0 Å². The molecule has 0 unspecified atom stereocenters. The van der Waals surface area contributed by atoms with E-state index in [1.165, 1.54) is 6.20 Å². The van der Waals surface area contributed by atoms with Crippen molar-refractivity contribution in [2.45, 2.75) is 31.3 Å². The van der Waals surface area contributed by atoms with Crippen LogP contribution in [-0.2, 0) is 20.8 Å². The summed E-state index contributed by atoms with van der Waals surface area (Å²) in [5, 5.41) is 20.0. The molecule has 1 amide bonds. The molecule has 0 bridgehead atoms. The third kappa shape index (κ3) is 6.00. The first kappa shape index (κ1) is 16.6. The normalized spacial score (nSPS) is 13.2. The molecule has 1 aromatic heterocycles. The smallest absolute Gasteiger partial charge is 0.326 e. The summed E-state index contributed by atoms with van der Waals surface area (Å²) in [6, 6.07) is 1.14. The fourth-order valence-corrected chi connectivity index (χ4v) is 1.63. The Morgan fingerprint density at radius 3 is 2.52 bits per heavy atom. The number of aromatic nitrogens is 1. The molecular weight excluding hydrogens is 278 g/mol. The molecule has 0 aliphatic heterocycles. The predicted octanol–water partition coefficient (Wildman–Crippen LogP) is -0.614. The van der Waals surface area contributed by atoms with Gasteiger partial charge in [-0.3, -0.25) is 14.6 Å². The summed E-state index contributed by atoms with van der Waals surface area (Å²) >= 11 is 0. The Balaban J connectivity index is 2.53. The number of aliphatic carboxylic acids is 2. The maximum atomic E-state index is 11.6. The number of carbonyl (C=O) groups is 3. The number of carboxylic acid groups (broad SMARTS) is 2. The van der Waals surface area contributed by atoms with Crippen LogP contribution >= 0.6 is 0 Å². The van der Waals surface area contributed by atoms with Gasteiger partial charge in [0.15, 0.2) is 0 Å². The Hall–Kier alpha value is -2.48. The summed E-state index contributed by atoms with van der Waals surface area (Å²) in [5.41, 5.74) is 5.95. The molecule has 5 N–H and O–H groups in total. The Bertz CT molecular complexity index is 506. The number of nitrogens with two attached hydrogens (primary N) is 1. The van der Waals surface area contributed by atoms with E-state index in [2.05, 4.69) is 10.3 Å². The molecule has 8 nitrogen and oxygen atoms in total. The van der Waals surface area contributed by atoms with Crippen molar-refractivity contribution in [1.29, 1.82) is 0 Å². The number of hydrogen-bond donors (Lipinski definition) is 4. The van der Waals surface area contributed by atoms with Gasteiger partial charge in [0.1, 0.15) is 12.1 Å². The number of hydrogen-bond acceptors (Lipinski definition) is 5. The number of nitrogens with one attached hydrogen (secondary N) is 1. The van der Waals surface area contributed by atoms with E-state index in [9.17, 15) is 14.4 Å². The van der Waals surface area contributed by atoms with E-state index in [0.717, 1.165) is 0 Å². The predicted molar refractivity (Wildman–Crippen MR) is 72.4 cm³/mol. The molecule has 0 saturated heterocycles. The van der Waals surface area contributed by atoms with Crippen molar-refractivity contribution >= 4 is 17.8 Å². The molecule has 0 saturated carbocycles. The third-order valence-electron chi connectivity index (χ3n) is 2.80. The van der Waals surface area contributed by atoms with Crippen LogP contribution in [0.25, 0.3) is 0 Å². The van der Waals surface area contributed by atoms with Gasteiger partial charge < -0.3 is 21.3 Å². The van der Waals surface area contributed by atoms with Crippen molar-refractivity contribution in [2.24, 2.45) is 5.73 Å². The average molecular weight is 295 g/mol. The molecule has 1 rings (SSSR count). The zero-order chi connectivity index (χ0) is 15.8.